The summed E-state index contributed by atoms with van der Waals surface area (Å²) in [5.41, 5.74) is 0. The minimum Gasteiger partial charge on any atom is -0.799 e. The van der Waals surface area contributed by atoms with Gasteiger partial charge in [0.25, 0.3) is 0 Å². The minimum absolute atomic E-state index is 0. The third-order valence-electron chi connectivity index (χ3n) is 3.53. The van der Waals surface area contributed by atoms with Crippen molar-refractivity contribution < 1.29 is 39.3 Å². The van der Waals surface area contributed by atoms with Crippen LogP contribution in [0.2, 0.25) is 0 Å². The van der Waals surface area contributed by atoms with Crippen molar-refractivity contribution >= 4 is 14.7 Å². The summed E-state index contributed by atoms with van der Waals surface area (Å²) >= 11 is 0. The summed E-state index contributed by atoms with van der Waals surface area (Å²) in [7, 11) is -6.62. The van der Waals surface area contributed by atoms with E-state index < -0.39 is 35.4 Å². The van der Waals surface area contributed by atoms with Crippen LogP contribution in [0.5, 0.6) is 0 Å². The third kappa shape index (κ3) is 7.44. The summed E-state index contributed by atoms with van der Waals surface area (Å²) < 4.78 is 23.4. The van der Waals surface area contributed by atoms with E-state index in [2.05, 4.69) is 0 Å². The van der Waals surface area contributed by atoms with Crippen molar-refractivity contribution in [1.29, 1.82) is 0 Å². The SMILES string of the molecule is CC(C)(C)P(=O)([O-])C(C)(C)C.CC(C)(C)P(=O)([O-])C(C)(C)C.[Pd+2]. The molecule has 0 spiro atoms. The maximum absolute atomic E-state index is 11.7. The van der Waals surface area contributed by atoms with E-state index >= 15 is 0 Å². The van der Waals surface area contributed by atoms with Gasteiger partial charge in [-0.25, -0.2) is 0 Å². The monoisotopic (exact) mass is 460 g/mol. The van der Waals surface area contributed by atoms with Gasteiger partial charge in [0.1, 0.15) is 0 Å². The second-order valence-electron chi connectivity index (χ2n) is 9.79. The molecular formula is C16H36O4P2Pd. The summed E-state index contributed by atoms with van der Waals surface area (Å²) in [6.45, 7) is 20.9. The molecule has 0 atom stereocenters. The fourth-order valence-corrected chi connectivity index (χ4v) is 6.04. The topological polar surface area (TPSA) is 80.3 Å². The van der Waals surface area contributed by atoms with Gasteiger partial charge in [0.2, 0.25) is 0 Å². The maximum Gasteiger partial charge on any atom is 2.00 e. The van der Waals surface area contributed by atoms with Crippen LogP contribution in [0.15, 0.2) is 0 Å². The van der Waals surface area contributed by atoms with E-state index in [1.54, 1.807) is 83.1 Å². The Morgan fingerprint density at radius 3 is 0.565 bits per heavy atom. The second kappa shape index (κ2) is 8.16. The molecule has 0 aromatic carbocycles. The van der Waals surface area contributed by atoms with Gasteiger partial charge in [-0.2, -0.15) is 0 Å². The fraction of sp³-hybridized carbons (Fsp3) is 1.00. The summed E-state index contributed by atoms with van der Waals surface area (Å²) in [6.07, 6.45) is 0. The van der Waals surface area contributed by atoms with Gasteiger partial charge in [-0.15, -0.1) is 0 Å². The Hall–Kier alpha value is 1.04. The molecule has 0 heterocycles. The van der Waals surface area contributed by atoms with Crippen molar-refractivity contribution in [2.24, 2.45) is 0 Å². The standard InChI is InChI=1S/2C8H19O2P.Pd/c2*1-7(2,3)11(9,10)8(4,5)6;/h2*1-6H3,(H,9,10);/q;;+2/p-2. The Kier molecular flexibility index (Phi) is 10.2. The van der Waals surface area contributed by atoms with Crippen LogP contribution >= 0.6 is 14.7 Å². The van der Waals surface area contributed by atoms with E-state index in [1.165, 1.54) is 0 Å². The van der Waals surface area contributed by atoms with Crippen molar-refractivity contribution in [3.8, 4) is 0 Å². The van der Waals surface area contributed by atoms with Crippen LogP contribution < -0.4 is 9.79 Å². The Balaban J connectivity index is -0.000000333. The van der Waals surface area contributed by atoms with Gasteiger partial charge in [0, 0.05) is 35.4 Å². The molecule has 0 amide bonds. The first-order valence-electron chi connectivity index (χ1n) is 7.62. The zero-order chi connectivity index (χ0) is 19.0. The van der Waals surface area contributed by atoms with Crippen molar-refractivity contribution in [3.05, 3.63) is 0 Å². The van der Waals surface area contributed by atoms with Crippen molar-refractivity contribution in [3.63, 3.8) is 0 Å². The first-order chi connectivity index (χ1) is 9.00. The summed E-state index contributed by atoms with van der Waals surface area (Å²) in [6, 6.07) is 0. The van der Waals surface area contributed by atoms with Crippen LogP contribution in [0, 0.1) is 0 Å². The van der Waals surface area contributed by atoms with Crippen LogP contribution in [0.25, 0.3) is 0 Å². The molecule has 0 aromatic heterocycles. The van der Waals surface area contributed by atoms with E-state index in [0.717, 1.165) is 0 Å². The maximum atomic E-state index is 11.7. The molecule has 144 valence electrons. The van der Waals surface area contributed by atoms with Crippen LogP contribution in [-0.2, 0) is 29.6 Å². The normalized spacial score (nSPS) is 14.5. The molecule has 23 heavy (non-hydrogen) atoms. The number of hydrogen-bond donors (Lipinski definition) is 0. The van der Waals surface area contributed by atoms with Crippen molar-refractivity contribution in [2.45, 2.75) is 104 Å². The van der Waals surface area contributed by atoms with Crippen LogP contribution in [0.3, 0.4) is 0 Å². The van der Waals surface area contributed by atoms with Crippen LogP contribution in [-0.4, -0.2) is 20.6 Å². The van der Waals surface area contributed by atoms with Gasteiger partial charge in [-0.05, 0) is 0 Å². The Bertz CT molecular complexity index is 380. The summed E-state index contributed by atoms with van der Waals surface area (Å²) in [5.74, 6) is 0. The average molecular weight is 461 g/mol. The quantitative estimate of drug-likeness (QED) is 0.395. The zero-order valence-corrected chi connectivity index (χ0v) is 20.2. The molecule has 0 aliphatic carbocycles. The first kappa shape index (κ1) is 28.8. The largest absolute Gasteiger partial charge is 2.00 e. The zero-order valence-electron chi connectivity index (χ0n) is 16.8. The molecule has 0 fully saturated rings. The van der Waals surface area contributed by atoms with Crippen LogP contribution in [0.1, 0.15) is 83.1 Å². The molecular weight excluding hydrogens is 425 g/mol. The molecule has 0 bridgehead atoms. The van der Waals surface area contributed by atoms with E-state index in [4.69, 9.17) is 0 Å². The molecule has 4 nitrogen and oxygen atoms in total. The average Bonchev–Trinajstić information content (AvgIpc) is 2.10. The molecule has 0 aliphatic heterocycles. The van der Waals surface area contributed by atoms with Gasteiger partial charge in [0.05, 0.1) is 0 Å². The molecule has 0 aromatic rings. The Labute approximate surface area is 157 Å². The molecule has 0 unspecified atom stereocenters. The van der Waals surface area contributed by atoms with Crippen molar-refractivity contribution in [2.75, 3.05) is 0 Å². The second-order valence-corrected chi connectivity index (χ2v) is 17.4. The minimum atomic E-state index is -3.31. The van der Waals surface area contributed by atoms with E-state index in [9.17, 15) is 18.9 Å². The Morgan fingerprint density at radius 1 is 0.478 bits per heavy atom. The van der Waals surface area contributed by atoms with Crippen LogP contribution in [0.4, 0.5) is 0 Å². The summed E-state index contributed by atoms with van der Waals surface area (Å²) in [4.78, 5) is 23.4. The van der Waals surface area contributed by atoms with E-state index in [-0.39, 0.29) is 20.4 Å². The summed E-state index contributed by atoms with van der Waals surface area (Å²) in [5, 5.41) is -2.48. The van der Waals surface area contributed by atoms with E-state index in [0.29, 0.717) is 0 Å². The fourth-order valence-electron chi connectivity index (χ4n) is 2.01. The molecule has 0 rings (SSSR count). The number of rotatable bonds is 0. The van der Waals surface area contributed by atoms with Gasteiger partial charge in [-0.3, -0.25) is 0 Å². The molecule has 0 saturated heterocycles. The third-order valence-corrected chi connectivity index (χ3v) is 10.6. The molecule has 0 saturated carbocycles. The smallest absolute Gasteiger partial charge is 0.799 e. The van der Waals surface area contributed by atoms with Gasteiger partial charge in [-0.1, -0.05) is 83.1 Å². The molecule has 0 aliphatic rings. The van der Waals surface area contributed by atoms with E-state index in [1.807, 2.05) is 0 Å². The van der Waals surface area contributed by atoms with Gasteiger partial charge in [0.15, 0.2) is 0 Å². The molecule has 0 N–H and O–H groups in total. The van der Waals surface area contributed by atoms with Gasteiger partial charge < -0.3 is 18.9 Å². The molecule has 0 radical (unpaired) electrons. The first-order valence-corrected chi connectivity index (χ1v) is 10.9. The predicted octanol–water partition coefficient (Wildman–Crippen LogP) is 4.44. The molecule has 7 heteroatoms. The Morgan fingerprint density at radius 2 is 0.565 bits per heavy atom. The van der Waals surface area contributed by atoms with Gasteiger partial charge >= 0.3 is 20.4 Å². The van der Waals surface area contributed by atoms with Crippen molar-refractivity contribution in [1.82, 2.24) is 0 Å². The predicted molar refractivity (Wildman–Crippen MR) is 94.2 cm³/mol. The number of hydrogen-bond acceptors (Lipinski definition) is 4.